The zero-order chi connectivity index (χ0) is 14.7. The van der Waals surface area contributed by atoms with E-state index in [2.05, 4.69) is 16.8 Å². The fourth-order valence-corrected chi connectivity index (χ4v) is 2.58. The van der Waals surface area contributed by atoms with E-state index in [-0.39, 0.29) is 17.5 Å². The summed E-state index contributed by atoms with van der Waals surface area (Å²) in [4.78, 5) is 16.5. The number of Topliss-reactive ketones (excluding diaryl/α,β-unsaturated/α-hetero) is 1. The van der Waals surface area contributed by atoms with Crippen LogP contribution in [0.3, 0.4) is 0 Å². The van der Waals surface area contributed by atoms with E-state index in [9.17, 15) is 9.18 Å². The normalized spacial score (nSPS) is 19.0. The van der Waals surface area contributed by atoms with Gasteiger partial charge >= 0.3 is 0 Å². The van der Waals surface area contributed by atoms with Gasteiger partial charge in [-0.25, -0.2) is 4.39 Å². The van der Waals surface area contributed by atoms with Gasteiger partial charge in [0.25, 0.3) is 0 Å². The summed E-state index contributed by atoms with van der Waals surface area (Å²) in [6.07, 6.45) is 0. The Morgan fingerprint density at radius 1 is 1.30 bits per heavy atom. The van der Waals surface area contributed by atoms with Crippen molar-refractivity contribution >= 4 is 5.78 Å². The maximum Gasteiger partial charge on any atom is 0.138 e. The average molecular weight is 278 g/mol. The largest absolute Gasteiger partial charge is 0.304 e. The average Bonchev–Trinajstić information content (AvgIpc) is 2.41. The Morgan fingerprint density at radius 2 is 1.95 bits per heavy atom. The van der Waals surface area contributed by atoms with Gasteiger partial charge in [-0.3, -0.25) is 9.69 Å². The fraction of sp³-hybridized carbons (Fsp3) is 0.562. The quantitative estimate of drug-likeness (QED) is 0.842. The molecule has 0 aromatic heterocycles. The van der Waals surface area contributed by atoms with Crippen LogP contribution in [0.4, 0.5) is 4.39 Å². The maximum absolute atomic E-state index is 13.7. The number of carbonyl (C=O) groups excluding carboxylic acids is 1. The summed E-state index contributed by atoms with van der Waals surface area (Å²) >= 11 is 0. The molecule has 1 fully saturated rings. The van der Waals surface area contributed by atoms with Crippen molar-refractivity contribution in [1.29, 1.82) is 0 Å². The summed E-state index contributed by atoms with van der Waals surface area (Å²) in [6.45, 7) is 8.00. The van der Waals surface area contributed by atoms with Crippen LogP contribution in [0.25, 0.3) is 0 Å². The lowest BCUT2D eigenvalue weighted by atomic mass is 9.93. The fourth-order valence-electron chi connectivity index (χ4n) is 2.58. The van der Waals surface area contributed by atoms with E-state index >= 15 is 0 Å². The number of rotatable bonds is 4. The van der Waals surface area contributed by atoms with Crippen molar-refractivity contribution in [2.45, 2.75) is 19.8 Å². The van der Waals surface area contributed by atoms with Gasteiger partial charge < -0.3 is 4.90 Å². The third kappa shape index (κ3) is 3.64. The molecule has 0 unspecified atom stereocenters. The van der Waals surface area contributed by atoms with Crippen LogP contribution in [0.5, 0.6) is 0 Å². The number of nitrogens with zero attached hydrogens (tertiary/aromatic N) is 2. The summed E-state index contributed by atoms with van der Waals surface area (Å²) in [5.41, 5.74) is 1.41. The SMILES string of the molecule is CC(=O)[C@H](CN1CCN(C)CC1)c1ccc(C)c(F)c1. The lowest BCUT2D eigenvalue weighted by Gasteiger charge is -2.34. The number of halogens is 1. The number of hydrogen-bond donors (Lipinski definition) is 0. The summed E-state index contributed by atoms with van der Waals surface area (Å²) in [5, 5.41) is 0. The van der Waals surface area contributed by atoms with Crippen LogP contribution in [-0.2, 0) is 4.79 Å². The van der Waals surface area contributed by atoms with Gasteiger partial charge in [0.05, 0.1) is 5.92 Å². The van der Waals surface area contributed by atoms with Crippen molar-refractivity contribution in [2.75, 3.05) is 39.8 Å². The molecule has 1 aliphatic heterocycles. The number of benzene rings is 1. The molecule has 0 spiro atoms. The lowest BCUT2D eigenvalue weighted by Crippen LogP contribution is -2.46. The Labute approximate surface area is 120 Å². The molecule has 0 bridgehead atoms. The molecule has 0 amide bonds. The Hall–Kier alpha value is -1.26. The maximum atomic E-state index is 13.7. The monoisotopic (exact) mass is 278 g/mol. The highest BCUT2D eigenvalue weighted by Gasteiger charge is 2.23. The molecule has 1 heterocycles. The minimum absolute atomic E-state index is 0.104. The Morgan fingerprint density at radius 3 is 2.50 bits per heavy atom. The van der Waals surface area contributed by atoms with Crippen LogP contribution >= 0.6 is 0 Å². The van der Waals surface area contributed by atoms with E-state index in [1.807, 2.05) is 6.07 Å². The molecule has 3 nitrogen and oxygen atoms in total. The summed E-state index contributed by atoms with van der Waals surface area (Å²) in [6, 6.07) is 5.14. The number of aryl methyl sites for hydroxylation is 1. The predicted molar refractivity (Wildman–Crippen MR) is 78.5 cm³/mol. The highest BCUT2D eigenvalue weighted by molar-refractivity contribution is 5.83. The molecular formula is C16H23FN2O. The van der Waals surface area contributed by atoms with Gasteiger partial charge in [0, 0.05) is 32.7 Å². The number of hydrogen-bond acceptors (Lipinski definition) is 3. The van der Waals surface area contributed by atoms with Gasteiger partial charge in [0.15, 0.2) is 0 Å². The molecule has 0 aliphatic carbocycles. The van der Waals surface area contributed by atoms with Crippen molar-refractivity contribution in [1.82, 2.24) is 9.80 Å². The summed E-state index contributed by atoms with van der Waals surface area (Å²) in [7, 11) is 2.11. The van der Waals surface area contributed by atoms with Gasteiger partial charge in [-0.2, -0.15) is 0 Å². The number of piperazine rings is 1. The van der Waals surface area contributed by atoms with E-state index in [0.717, 1.165) is 31.7 Å². The molecule has 0 N–H and O–H groups in total. The van der Waals surface area contributed by atoms with E-state index in [1.54, 1.807) is 19.9 Å². The van der Waals surface area contributed by atoms with Gasteiger partial charge in [0.1, 0.15) is 11.6 Å². The van der Waals surface area contributed by atoms with Crippen molar-refractivity contribution in [3.05, 3.63) is 35.1 Å². The third-order valence-corrected chi connectivity index (χ3v) is 4.13. The molecule has 1 saturated heterocycles. The predicted octanol–water partition coefficient (Wildman–Crippen LogP) is 2.05. The second-order valence-electron chi connectivity index (χ2n) is 5.78. The Kier molecular flexibility index (Phi) is 4.89. The van der Waals surface area contributed by atoms with Crippen molar-refractivity contribution in [3.63, 3.8) is 0 Å². The molecule has 0 saturated carbocycles. The highest BCUT2D eigenvalue weighted by atomic mass is 19.1. The van der Waals surface area contributed by atoms with Gasteiger partial charge in [-0.15, -0.1) is 0 Å². The van der Waals surface area contributed by atoms with E-state index in [4.69, 9.17) is 0 Å². The second kappa shape index (κ2) is 6.46. The minimum atomic E-state index is -0.230. The second-order valence-corrected chi connectivity index (χ2v) is 5.78. The van der Waals surface area contributed by atoms with E-state index in [1.165, 1.54) is 6.07 Å². The van der Waals surface area contributed by atoms with Crippen LogP contribution in [0.2, 0.25) is 0 Å². The molecule has 20 heavy (non-hydrogen) atoms. The van der Waals surface area contributed by atoms with Gasteiger partial charge in [-0.1, -0.05) is 12.1 Å². The first-order valence-corrected chi connectivity index (χ1v) is 7.15. The molecule has 1 atom stereocenters. The van der Waals surface area contributed by atoms with Crippen LogP contribution < -0.4 is 0 Å². The minimum Gasteiger partial charge on any atom is -0.304 e. The molecule has 1 aliphatic rings. The Balaban J connectivity index is 2.10. The molecular weight excluding hydrogens is 255 g/mol. The van der Waals surface area contributed by atoms with E-state index < -0.39 is 0 Å². The lowest BCUT2D eigenvalue weighted by molar-refractivity contribution is -0.119. The molecule has 1 aromatic carbocycles. The van der Waals surface area contributed by atoms with Gasteiger partial charge in [-0.05, 0) is 38.1 Å². The molecule has 2 rings (SSSR count). The standard InChI is InChI=1S/C16H23FN2O/c1-12-4-5-14(10-16(12)17)15(13(2)20)11-19-8-6-18(3)7-9-19/h4-5,10,15H,6-9,11H2,1-3H3/t15-/m0/s1. The Bertz CT molecular complexity index is 481. The number of carbonyl (C=O) groups is 1. The molecule has 1 aromatic rings. The van der Waals surface area contributed by atoms with Crippen molar-refractivity contribution < 1.29 is 9.18 Å². The van der Waals surface area contributed by atoms with Crippen LogP contribution in [0.15, 0.2) is 18.2 Å². The zero-order valence-corrected chi connectivity index (χ0v) is 12.5. The van der Waals surface area contributed by atoms with E-state index in [0.29, 0.717) is 12.1 Å². The van der Waals surface area contributed by atoms with Crippen LogP contribution in [-0.4, -0.2) is 55.4 Å². The summed E-state index contributed by atoms with van der Waals surface area (Å²) in [5.74, 6) is -0.354. The first kappa shape index (κ1) is 15.1. The topological polar surface area (TPSA) is 23.6 Å². The first-order chi connectivity index (χ1) is 9.47. The first-order valence-electron chi connectivity index (χ1n) is 7.15. The van der Waals surface area contributed by atoms with Gasteiger partial charge in [0.2, 0.25) is 0 Å². The van der Waals surface area contributed by atoms with Crippen molar-refractivity contribution in [3.8, 4) is 0 Å². The number of ketones is 1. The molecule has 110 valence electrons. The third-order valence-electron chi connectivity index (χ3n) is 4.13. The van der Waals surface area contributed by atoms with Crippen molar-refractivity contribution in [2.24, 2.45) is 0 Å². The molecule has 4 heteroatoms. The van der Waals surface area contributed by atoms with Crippen LogP contribution in [0.1, 0.15) is 24.0 Å². The number of likely N-dealkylation sites (N-methyl/N-ethyl adjacent to an activating group) is 1. The zero-order valence-electron chi connectivity index (χ0n) is 12.5. The smallest absolute Gasteiger partial charge is 0.138 e. The summed E-state index contributed by atoms with van der Waals surface area (Å²) < 4.78 is 13.7. The highest BCUT2D eigenvalue weighted by Crippen LogP contribution is 2.21. The molecule has 0 radical (unpaired) electrons. The van der Waals surface area contributed by atoms with Crippen LogP contribution in [0, 0.1) is 12.7 Å².